The maximum atomic E-state index is 12.2. The van der Waals surface area contributed by atoms with E-state index in [2.05, 4.69) is 10.3 Å². The van der Waals surface area contributed by atoms with Crippen LogP contribution in [0.1, 0.15) is 20.3 Å². The zero-order valence-corrected chi connectivity index (χ0v) is 17.3. The largest absolute Gasteiger partial charge is 0.508 e. The lowest BCUT2D eigenvalue weighted by atomic mass is 10.2. The molecule has 0 atom stereocenters. The molecule has 1 aromatic heterocycles. The van der Waals surface area contributed by atoms with Crippen molar-refractivity contribution in [2.75, 3.05) is 12.4 Å². The first kappa shape index (κ1) is 22.5. The number of benzene rings is 1. The number of anilines is 1. The summed E-state index contributed by atoms with van der Waals surface area (Å²) >= 11 is 0. The summed E-state index contributed by atoms with van der Waals surface area (Å²) in [6.07, 6.45) is 12.0. The van der Waals surface area contributed by atoms with E-state index in [4.69, 9.17) is 9.47 Å². The lowest BCUT2D eigenvalue weighted by Crippen LogP contribution is -2.07. The molecule has 6 nitrogen and oxygen atoms in total. The van der Waals surface area contributed by atoms with Gasteiger partial charge >= 0.3 is 0 Å². The van der Waals surface area contributed by atoms with E-state index in [0.29, 0.717) is 29.4 Å². The van der Waals surface area contributed by atoms with E-state index in [-0.39, 0.29) is 11.7 Å². The number of amides is 1. The van der Waals surface area contributed by atoms with Crippen molar-refractivity contribution in [3.05, 3.63) is 96.3 Å². The average Bonchev–Trinajstić information content (AvgIpc) is 2.95. The van der Waals surface area contributed by atoms with E-state index in [1.54, 1.807) is 67.0 Å². The van der Waals surface area contributed by atoms with Gasteiger partial charge in [-0.3, -0.25) is 9.78 Å². The fraction of sp³-hybridized carbons (Fsp3) is 0.167. The standard InChI is InChI=1S/C22H20N2O4.C2H6/c1-27-21-9-6-16(5-8-20(21)25)7-10-22(26)24-17-3-2-4-19(15-17)28-18-11-13-23-14-12-18;1-2/h2-7,9-15,25H,8H2,1H3,(H,24,26);1-2H3/b10-7+;. The molecule has 0 fully saturated rings. The number of hydrogen-bond donors (Lipinski definition) is 2. The average molecular weight is 406 g/mol. The number of nitrogens with one attached hydrogen (secondary N) is 1. The maximum Gasteiger partial charge on any atom is 0.248 e. The molecule has 0 bridgehead atoms. The van der Waals surface area contributed by atoms with Crippen LogP contribution < -0.4 is 10.1 Å². The summed E-state index contributed by atoms with van der Waals surface area (Å²) in [5, 5.41) is 12.6. The van der Waals surface area contributed by atoms with Gasteiger partial charge in [0.15, 0.2) is 5.76 Å². The summed E-state index contributed by atoms with van der Waals surface area (Å²) in [5.74, 6) is 1.56. The van der Waals surface area contributed by atoms with Crippen molar-refractivity contribution in [1.82, 2.24) is 4.98 Å². The molecule has 0 saturated heterocycles. The highest BCUT2D eigenvalue weighted by atomic mass is 16.5. The lowest BCUT2D eigenvalue weighted by molar-refractivity contribution is -0.111. The van der Waals surface area contributed by atoms with Crippen LogP contribution >= 0.6 is 0 Å². The van der Waals surface area contributed by atoms with Crippen LogP contribution in [-0.4, -0.2) is 23.1 Å². The lowest BCUT2D eigenvalue weighted by Gasteiger charge is -2.07. The van der Waals surface area contributed by atoms with E-state index in [0.717, 1.165) is 5.57 Å². The Morgan fingerprint density at radius 3 is 2.63 bits per heavy atom. The first-order chi connectivity index (χ1) is 14.6. The van der Waals surface area contributed by atoms with E-state index >= 15 is 0 Å². The van der Waals surface area contributed by atoms with Crippen LogP contribution in [0.5, 0.6) is 11.5 Å². The summed E-state index contributed by atoms with van der Waals surface area (Å²) in [5.41, 5.74) is 1.41. The third-order valence-electron chi connectivity index (χ3n) is 3.88. The second kappa shape index (κ2) is 11.9. The fourth-order valence-corrected chi connectivity index (χ4v) is 2.50. The van der Waals surface area contributed by atoms with Crippen LogP contribution in [0.25, 0.3) is 0 Å². The van der Waals surface area contributed by atoms with Crippen molar-refractivity contribution in [2.24, 2.45) is 0 Å². The molecule has 2 N–H and O–H groups in total. The predicted octanol–water partition coefficient (Wildman–Crippen LogP) is 5.70. The van der Waals surface area contributed by atoms with Gasteiger partial charge in [-0.2, -0.15) is 0 Å². The van der Waals surface area contributed by atoms with Crippen LogP contribution in [0.2, 0.25) is 0 Å². The second-order valence-corrected chi connectivity index (χ2v) is 5.89. The molecule has 0 spiro atoms. The van der Waals surface area contributed by atoms with E-state index < -0.39 is 0 Å². The molecule has 0 radical (unpaired) electrons. The number of ether oxygens (including phenoxy) is 2. The van der Waals surface area contributed by atoms with E-state index in [1.165, 1.54) is 13.2 Å². The fourth-order valence-electron chi connectivity index (χ4n) is 2.50. The number of allylic oxidation sites excluding steroid dienone is 5. The van der Waals surface area contributed by atoms with Crippen molar-refractivity contribution in [3.63, 3.8) is 0 Å². The molecule has 156 valence electrons. The smallest absolute Gasteiger partial charge is 0.248 e. The first-order valence-electron chi connectivity index (χ1n) is 9.65. The Morgan fingerprint density at radius 1 is 1.13 bits per heavy atom. The molecule has 3 rings (SSSR count). The number of rotatable bonds is 6. The number of carbonyl (C=O) groups is 1. The van der Waals surface area contributed by atoms with Crippen LogP contribution in [0.15, 0.2) is 96.3 Å². The van der Waals surface area contributed by atoms with Crippen molar-refractivity contribution in [2.45, 2.75) is 20.3 Å². The molecular weight excluding hydrogens is 380 g/mol. The minimum atomic E-state index is -0.274. The second-order valence-electron chi connectivity index (χ2n) is 5.89. The van der Waals surface area contributed by atoms with Crippen molar-refractivity contribution in [1.29, 1.82) is 0 Å². The van der Waals surface area contributed by atoms with Crippen molar-refractivity contribution < 1.29 is 19.4 Å². The molecule has 1 aliphatic rings. The summed E-state index contributed by atoms with van der Waals surface area (Å²) < 4.78 is 10.8. The topological polar surface area (TPSA) is 80.7 Å². The normalized spacial score (nSPS) is 13.1. The van der Waals surface area contributed by atoms with Gasteiger partial charge in [-0.15, -0.1) is 0 Å². The number of hydrogen-bond acceptors (Lipinski definition) is 5. The van der Waals surface area contributed by atoms with E-state index in [1.807, 2.05) is 19.9 Å². The molecule has 6 heteroatoms. The minimum Gasteiger partial charge on any atom is -0.508 e. The highest BCUT2D eigenvalue weighted by Gasteiger charge is 2.06. The van der Waals surface area contributed by atoms with Crippen LogP contribution in [0.3, 0.4) is 0 Å². The quantitative estimate of drug-likeness (QED) is 0.602. The third-order valence-corrected chi connectivity index (χ3v) is 3.88. The highest BCUT2D eigenvalue weighted by Crippen LogP contribution is 2.23. The molecule has 0 aliphatic heterocycles. The van der Waals surface area contributed by atoms with Crippen LogP contribution in [0, 0.1) is 0 Å². The molecule has 0 unspecified atom stereocenters. The zero-order chi connectivity index (χ0) is 21.8. The van der Waals surface area contributed by atoms with Crippen molar-refractivity contribution in [3.8, 4) is 11.5 Å². The SMILES string of the molecule is CC.COC1=C(O)CC=C(/C=C/C(=O)Nc2cccc(Oc3ccncc3)c2)C=C1. The highest BCUT2D eigenvalue weighted by molar-refractivity contribution is 5.99. The Bertz CT molecular complexity index is 960. The molecule has 1 amide bonds. The number of aliphatic hydroxyl groups is 1. The number of carbonyl (C=O) groups excluding carboxylic acids is 1. The predicted molar refractivity (Wildman–Crippen MR) is 118 cm³/mol. The number of pyridine rings is 1. The number of methoxy groups -OCH3 is 1. The molecule has 0 saturated carbocycles. The van der Waals surface area contributed by atoms with Gasteiger partial charge in [0, 0.05) is 36.6 Å². The number of nitrogens with zero attached hydrogens (tertiary/aromatic N) is 1. The number of aromatic nitrogens is 1. The Labute approximate surface area is 176 Å². The molecule has 2 aromatic rings. The van der Waals surface area contributed by atoms with Crippen molar-refractivity contribution >= 4 is 11.6 Å². The summed E-state index contributed by atoms with van der Waals surface area (Å²) in [4.78, 5) is 16.2. The summed E-state index contributed by atoms with van der Waals surface area (Å²) in [7, 11) is 1.50. The maximum absolute atomic E-state index is 12.2. The summed E-state index contributed by atoms with van der Waals surface area (Å²) in [6.45, 7) is 4.00. The zero-order valence-electron chi connectivity index (χ0n) is 17.3. The van der Waals surface area contributed by atoms with Gasteiger partial charge in [0.1, 0.15) is 17.3 Å². The van der Waals surface area contributed by atoms with Gasteiger partial charge < -0.3 is 19.9 Å². The third kappa shape index (κ3) is 6.98. The molecule has 1 aromatic carbocycles. The number of aliphatic hydroxyl groups excluding tert-OH is 1. The Morgan fingerprint density at radius 2 is 1.90 bits per heavy atom. The minimum absolute atomic E-state index is 0.151. The van der Waals surface area contributed by atoms with Gasteiger partial charge in [0.25, 0.3) is 0 Å². The molecule has 1 heterocycles. The van der Waals surface area contributed by atoms with Crippen LogP contribution in [-0.2, 0) is 9.53 Å². The Kier molecular flexibility index (Phi) is 8.93. The van der Waals surface area contributed by atoms with Gasteiger partial charge in [0.2, 0.25) is 5.91 Å². The monoisotopic (exact) mass is 406 g/mol. The van der Waals surface area contributed by atoms with E-state index in [9.17, 15) is 9.90 Å². The Hall–Kier alpha value is -3.80. The van der Waals surface area contributed by atoms with Gasteiger partial charge in [-0.05, 0) is 42.0 Å². The molecule has 1 aliphatic carbocycles. The Balaban J connectivity index is 0.00000155. The summed E-state index contributed by atoms with van der Waals surface area (Å²) in [6, 6.07) is 10.6. The van der Waals surface area contributed by atoms with Gasteiger partial charge in [0.05, 0.1) is 7.11 Å². The first-order valence-corrected chi connectivity index (χ1v) is 9.65. The molecule has 30 heavy (non-hydrogen) atoms. The van der Waals surface area contributed by atoms with Crippen LogP contribution in [0.4, 0.5) is 5.69 Å². The molecular formula is C24H26N2O4. The van der Waals surface area contributed by atoms with Gasteiger partial charge in [-0.1, -0.05) is 32.1 Å². The van der Waals surface area contributed by atoms with Gasteiger partial charge in [-0.25, -0.2) is 0 Å².